The highest BCUT2D eigenvalue weighted by Crippen LogP contribution is 2.35. The number of hydrogen-bond donors (Lipinski definition) is 0. The number of pyridine rings is 1. The first-order chi connectivity index (χ1) is 11.1. The number of para-hydroxylation sites is 1. The quantitative estimate of drug-likeness (QED) is 0.452. The van der Waals surface area contributed by atoms with Gasteiger partial charge in [0.15, 0.2) is 6.20 Å². The Balaban J connectivity index is 2.17. The van der Waals surface area contributed by atoms with Gasteiger partial charge in [0, 0.05) is 16.8 Å². The summed E-state index contributed by atoms with van der Waals surface area (Å²) in [4.78, 5) is 0. The molecule has 0 N–H and O–H groups in total. The van der Waals surface area contributed by atoms with E-state index in [1.807, 2.05) is 12.1 Å². The molecule has 0 atom stereocenters. The van der Waals surface area contributed by atoms with E-state index in [-0.39, 0.29) is 0 Å². The van der Waals surface area contributed by atoms with Crippen LogP contribution in [0.4, 0.5) is 0 Å². The van der Waals surface area contributed by atoms with E-state index in [1.165, 1.54) is 33.0 Å². The molecule has 2 heteroatoms. The first-order valence-electron chi connectivity index (χ1n) is 7.94. The molecule has 2 heterocycles. The minimum Gasteiger partial charge on any atom is -0.449 e. The monoisotopic (exact) mass is 302 g/mol. The van der Waals surface area contributed by atoms with Crippen molar-refractivity contribution in [1.29, 1.82) is 0 Å². The summed E-state index contributed by atoms with van der Waals surface area (Å²) in [5, 5.41) is 2.35. The van der Waals surface area contributed by atoms with Gasteiger partial charge in [-0.2, -0.15) is 4.57 Å². The summed E-state index contributed by atoms with van der Waals surface area (Å²) in [6.45, 7) is 6.50. The second-order valence-corrected chi connectivity index (χ2v) is 6.37. The topological polar surface area (TPSA) is 17.0 Å². The Morgan fingerprint density at radius 1 is 0.913 bits per heavy atom. The van der Waals surface area contributed by atoms with E-state index in [2.05, 4.69) is 68.9 Å². The van der Waals surface area contributed by atoms with Crippen LogP contribution in [0.5, 0.6) is 0 Å². The molecule has 0 spiro atoms. The number of hydrogen-bond acceptors (Lipinski definition) is 1. The minimum absolute atomic E-state index is 0.942. The molecule has 2 nitrogen and oxygen atoms in total. The van der Waals surface area contributed by atoms with E-state index in [4.69, 9.17) is 4.42 Å². The van der Waals surface area contributed by atoms with Crippen LogP contribution in [0.1, 0.15) is 16.7 Å². The fraction of sp³-hybridized carbons (Fsp3) is 0.190. The molecule has 23 heavy (non-hydrogen) atoms. The van der Waals surface area contributed by atoms with Gasteiger partial charge in [0.1, 0.15) is 12.6 Å². The van der Waals surface area contributed by atoms with E-state index in [1.54, 1.807) is 0 Å². The normalized spacial score (nSPS) is 11.5. The predicted octanol–water partition coefficient (Wildman–Crippen LogP) is 5.00. The Morgan fingerprint density at radius 2 is 1.70 bits per heavy atom. The van der Waals surface area contributed by atoms with Gasteiger partial charge in [-0.05, 0) is 44.0 Å². The molecule has 2 aromatic heterocycles. The number of aryl methyl sites for hydroxylation is 3. The van der Waals surface area contributed by atoms with Crippen molar-refractivity contribution in [2.24, 2.45) is 7.05 Å². The number of fused-ring (bicyclic) bond motifs is 3. The molecule has 0 saturated carbocycles. The maximum atomic E-state index is 6.23. The number of rotatable bonds is 1. The van der Waals surface area contributed by atoms with Crippen LogP contribution in [-0.4, -0.2) is 0 Å². The van der Waals surface area contributed by atoms with Crippen molar-refractivity contribution in [3.8, 4) is 11.3 Å². The third-order valence-corrected chi connectivity index (χ3v) is 4.73. The van der Waals surface area contributed by atoms with Crippen molar-refractivity contribution in [2.75, 3.05) is 0 Å². The van der Waals surface area contributed by atoms with Crippen LogP contribution in [-0.2, 0) is 7.05 Å². The summed E-state index contributed by atoms with van der Waals surface area (Å²) in [5.41, 5.74) is 8.18. The second kappa shape index (κ2) is 4.95. The van der Waals surface area contributed by atoms with E-state index < -0.39 is 0 Å². The van der Waals surface area contributed by atoms with Gasteiger partial charge in [-0.3, -0.25) is 0 Å². The molecule has 0 aliphatic heterocycles. The lowest BCUT2D eigenvalue weighted by atomic mass is 9.96. The average Bonchev–Trinajstić information content (AvgIpc) is 2.89. The zero-order valence-corrected chi connectivity index (χ0v) is 14.0. The second-order valence-electron chi connectivity index (χ2n) is 6.37. The van der Waals surface area contributed by atoms with Crippen molar-refractivity contribution in [3.63, 3.8) is 0 Å². The standard InChI is InChI=1S/C21H20NO/c1-13-11-14(2)15(3)18(12-13)20-21-17(9-10-22(20)4)16-7-5-6-8-19(16)23-21/h5-12H,1-4H3/q+1. The SMILES string of the molecule is Cc1cc(C)c(C)c(-c2c3oc4ccccc4c3cc[n+]2C)c1. The highest BCUT2D eigenvalue weighted by molar-refractivity contribution is 6.08. The Hall–Kier alpha value is -2.61. The maximum absolute atomic E-state index is 6.23. The number of nitrogens with zero attached hydrogens (tertiary/aromatic N) is 1. The summed E-state index contributed by atoms with van der Waals surface area (Å²) in [6, 6.07) is 14.9. The molecule has 0 bridgehead atoms. The van der Waals surface area contributed by atoms with Crippen LogP contribution < -0.4 is 4.57 Å². The zero-order chi connectivity index (χ0) is 16.1. The lowest BCUT2D eigenvalue weighted by Crippen LogP contribution is -2.30. The van der Waals surface area contributed by atoms with Crippen LogP contribution >= 0.6 is 0 Å². The zero-order valence-electron chi connectivity index (χ0n) is 14.0. The van der Waals surface area contributed by atoms with Crippen molar-refractivity contribution < 1.29 is 8.98 Å². The van der Waals surface area contributed by atoms with Gasteiger partial charge in [0.05, 0.1) is 5.56 Å². The van der Waals surface area contributed by atoms with Gasteiger partial charge < -0.3 is 4.42 Å². The predicted molar refractivity (Wildman–Crippen MR) is 94.5 cm³/mol. The van der Waals surface area contributed by atoms with Crippen LogP contribution in [0.15, 0.2) is 53.1 Å². The molecular formula is C21H20NO+. The maximum Gasteiger partial charge on any atom is 0.256 e. The minimum atomic E-state index is 0.942. The van der Waals surface area contributed by atoms with E-state index >= 15 is 0 Å². The van der Waals surface area contributed by atoms with Gasteiger partial charge in [0.2, 0.25) is 5.58 Å². The van der Waals surface area contributed by atoms with Crippen molar-refractivity contribution >= 4 is 21.9 Å². The molecule has 0 unspecified atom stereocenters. The van der Waals surface area contributed by atoms with Gasteiger partial charge in [-0.1, -0.05) is 29.8 Å². The van der Waals surface area contributed by atoms with E-state index in [9.17, 15) is 0 Å². The molecule has 4 aromatic rings. The summed E-state index contributed by atoms with van der Waals surface area (Å²) in [7, 11) is 2.08. The molecule has 0 amide bonds. The van der Waals surface area contributed by atoms with Crippen LogP contribution in [0.2, 0.25) is 0 Å². The molecule has 0 fully saturated rings. The van der Waals surface area contributed by atoms with Crippen LogP contribution in [0, 0.1) is 20.8 Å². The third-order valence-electron chi connectivity index (χ3n) is 4.73. The largest absolute Gasteiger partial charge is 0.449 e. The number of furan rings is 1. The molecule has 2 aromatic carbocycles. The number of benzene rings is 2. The molecular weight excluding hydrogens is 282 g/mol. The van der Waals surface area contributed by atoms with Gasteiger partial charge in [-0.15, -0.1) is 0 Å². The Morgan fingerprint density at radius 3 is 2.52 bits per heavy atom. The van der Waals surface area contributed by atoms with Crippen LogP contribution in [0.25, 0.3) is 33.2 Å². The first-order valence-corrected chi connectivity index (χ1v) is 7.94. The van der Waals surface area contributed by atoms with Gasteiger partial charge in [-0.25, -0.2) is 0 Å². The molecule has 0 radical (unpaired) electrons. The highest BCUT2D eigenvalue weighted by atomic mass is 16.3. The van der Waals surface area contributed by atoms with E-state index in [0.717, 1.165) is 16.9 Å². The van der Waals surface area contributed by atoms with Crippen molar-refractivity contribution in [2.45, 2.75) is 20.8 Å². The smallest absolute Gasteiger partial charge is 0.256 e. The summed E-state index contributed by atoms with van der Waals surface area (Å²) < 4.78 is 8.39. The van der Waals surface area contributed by atoms with Gasteiger partial charge in [0.25, 0.3) is 5.69 Å². The highest BCUT2D eigenvalue weighted by Gasteiger charge is 2.22. The fourth-order valence-electron chi connectivity index (χ4n) is 3.43. The van der Waals surface area contributed by atoms with E-state index in [0.29, 0.717) is 0 Å². The Labute approximate surface area is 136 Å². The number of aromatic nitrogens is 1. The Kier molecular flexibility index (Phi) is 3.02. The van der Waals surface area contributed by atoms with Crippen LogP contribution in [0.3, 0.4) is 0 Å². The fourth-order valence-corrected chi connectivity index (χ4v) is 3.43. The van der Waals surface area contributed by atoms with Crippen molar-refractivity contribution in [3.05, 3.63) is 65.4 Å². The first kappa shape index (κ1) is 14.0. The third kappa shape index (κ3) is 2.06. The summed E-state index contributed by atoms with van der Waals surface area (Å²) in [5.74, 6) is 0. The average molecular weight is 302 g/mol. The molecule has 0 aliphatic carbocycles. The Bertz CT molecular complexity index is 1060. The molecule has 114 valence electrons. The molecule has 0 saturated heterocycles. The summed E-state index contributed by atoms with van der Waals surface area (Å²) >= 11 is 0. The van der Waals surface area contributed by atoms with Crippen molar-refractivity contribution in [1.82, 2.24) is 0 Å². The molecule has 0 aliphatic rings. The summed E-state index contributed by atoms with van der Waals surface area (Å²) in [6.07, 6.45) is 2.12. The lowest BCUT2D eigenvalue weighted by Gasteiger charge is -2.09. The lowest BCUT2D eigenvalue weighted by molar-refractivity contribution is -0.659. The molecule has 4 rings (SSSR count). The van der Waals surface area contributed by atoms with Gasteiger partial charge >= 0.3 is 0 Å².